The smallest absolute Gasteiger partial charge is 0.240 e. The van der Waals surface area contributed by atoms with Gasteiger partial charge in [0.1, 0.15) is 16.8 Å². The first-order valence-electron chi connectivity index (χ1n) is 11.3. The van der Waals surface area contributed by atoms with E-state index in [4.69, 9.17) is 9.15 Å². The van der Waals surface area contributed by atoms with Crippen LogP contribution >= 0.6 is 11.8 Å². The summed E-state index contributed by atoms with van der Waals surface area (Å²) in [5.41, 5.74) is 1.84. The molecule has 0 bridgehead atoms. The summed E-state index contributed by atoms with van der Waals surface area (Å²) < 4.78 is 13.0. The molecular weight excluding hydrogens is 448 g/mol. The van der Waals surface area contributed by atoms with E-state index >= 15 is 0 Å². The van der Waals surface area contributed by atoms with Crippen molar-refractivity contribution in [3.63, 3.8) is 0 Å². The van der Waals surface area contributed by atoms with Crippen LogP contribution in [0.25, 0.3) is 11.4 Å². The average Bonchev–Trinajstić information content (AvgIpc) is 3.66. The lowest BCUT2D eigenvalue weighted by Crippen LogP contribution is -2.31. The van der Waals surface area contributed by atoms with E-state index in [2.05, 4.69) is 10.2 Å². The Morgan fingerprint density at radius 2 is 1.88 bits per heavy atom. The number of carbonyl (C=O) groups is 1. The molecule has 1 saturated heterocycles. The first kappa shape index (κ1) is 22.3. The second-order valence-electron chi connectivity index (χ2n) is 8.14. The SMILES string of the molecule is COc1cccc(-c2nnc(S[C@@H](C(=O)N3CCCC3)c3ccccc3)n2Cc2ccco2)c1. The van der Waals surface area contributed by atoms with Crippen molar-refractivity contribution in [2.45, 2.75) is 29.8 Å². The second-order valence-corrected chi connectivity index (χ2v) is 9.22. The zero-order valence-electron chi connectivity index (χ0n) is 19.0. The maximum Gasteiger partial charge on any atom is 0.240 e. The summed E-state index contributed by atoms with van der Waals surface area (Å²) in [5.74, 6) is 2.33. The highest BCUT2D eigenvalue weighted by atomic mass is 32.2. The van der Waals surface area contributed by atoms with Crippen molar-refractivity contribution in [2.75, 3.05) is 20.2 Å². The first-order chi connectivity index (χ1) is 16.7. The molecule has 0 unspecified atom stereocenters. The van der Waals surface area contributed by atoms with Crippen LogP contribution in [-0.4, -0.2) is 45.8 Å². The van der Waals surface area contributed by atoms with Crippen LogP contribution in [0.2, 0.25) is 0 Å². The van der Waals surface area contributed by atoms with Gasteiger partial charge < -0.3 is 14.1 Å². The summed E-state index contributed by atoms with van der Waals surface area (Å²) in [5, 5.41) is 9.30. The van der Waals surface area contributed by atoms with Gasteiger partial charge in [-0.15, -0.1) is 10.2 Å². The molecule has 0 spiro atoms. The van der Waals surface area contributed by atoms with E-state index in [0.29, 0.717) is 17.5 Å². The fourth-order valence-corrected chi connectivity index (χ4v) is 5.27. The molecule has 34 heavy (non-hydrogen) atoms. The van der Waals surface area contributed by atoms with Gasteiger partial charge in [0.05, 0.1) is 19.9 Å². The molecule has 3 heterocycles. The number of nitrogens with zero attached hydrogens (tertiary/aromatic N) is 4. The van der Waals surface area contributed by atoms with Crippen LogP contribution < -0.4 is 4.74 Å². The van der Waals surface area contributed by atoms with Crippen LogP contribution in [0.15, 0.2) is 82.6 Å². The van der Waals surface area contributed by atoms with Gasteiger partial charge in [0, 0.05) is 18.7 Å². The molecule has 1 amide bonds. The Hall–Kier alpha value is -3.52. The van der Waals surface area contributed by atoms with Crippen molar-refractivity contribution in [3.05, 3.63) is 84.3 Å². The van der Waals surface area contributed by atoms with Gasteiger partial charge in [-0.25, -0.2) is 0 Å². The molecule has 1 aliphatic heterocycles. The Morgan fingerprint density at radius 3 is 2.62 bits per heavy atom. The lowest BCUT2D eigenvalue weighted by atomic mass is 10.1. The third kappa shape index (κ3) is 4.72. The van der Waals surface area contributed by atoms with E-state index in [-0.39, 0.29) is 5.91 Å². The summed E-state index contributed by atoms with van der Waals surface area (Å²) in [4.78, 5) is 15.5. The van der Waals surface area contributed by atoms with Crippen LogP contribution in [0.4, 0.5) is 0 Å². The van der Waals surface area contributed by atoms with Crippen molar-refractivity contribution in [1.29, 1.82) is 0 Å². The minimum absolute atomic E-state index is 0.115. The van der Waals surface area contributed by atoms with E-state index in [1.54, 1.807) is 13.4 Å². The molecule has 4 aromatic rings. The average molecular weight is 475 g/mol. The highest BCUT2D eigenvalue weighted by molar-refractivity contribution is 8.00. The van der Waals surface area contributed by atoms with Crippen molar-refractivity contribution in [1.82, 2.24) is 19.7 Å². The first-order valence-corrected chi connectivity index (χ1v) is 12.2. The predicted molar refractivity (Wildman–Crippen MR) is 131 cm³/mol. The lowest BCUT2D eigenvalue weighted by Gasteiger charge is -2.23. The topological polar surface area (TPSA) is 73.4 Å². The maximum absolute atomic E-state index is 13.6. The van der Waals surface area contributed by atoms with Crippen LogP contribution in [0, 0.1) is 0 Å². The molecule has 0 N–H and O–H groups in total. The highest BCUT2D eigenvalue weighted by Crippen LogP contribution is 2.38. The highest BCUT2D eigenvalue weighted by Gasteiger charge is 2.31. The molecule has 0 radical (unpaired) electrons. The van der Waals surface area contributed by atoms with Gasteiger partial charge in [0.25, 0.3) is 0 Å². The number of thioether (sulfide) groups is 1. The molecule has 0 saturated carbocycles. The molecule has 8 heteroatoms. The zero-order chi connectivity index (χ0) is 23.3. The Morgan fingerprint density at radius 1 is 1.06 bits per heavy atom. The summed E-state index contributed by atoms with van der Waals surface area (Å²) in [6.45, 7) is 2.06. The molecule has 5 rings (SSSR count). The minimum atomic E-state index is -0.406. The Balaban J connectivity index is 1.54. The number of likely N-dealkylation sites (tertiary alicyclic amines) is 1. The van der Waals surface area contributed by atoms with Gasteiger partial charge >= 0.3 is 0 Å². The number of benzene rings is 2. The van der Waals surface area contributed by atoms with Crippen LogP contribution in [-0.2, 0) is 11.3 Å². The third-order valence-corrected chi connectivity index (χ3v) is 7.13. The Bertz CT molecular complexity index is 1230. The van der Waals surface area contributed by atoms with Crippen LogP contribution in [0.5, 0.6) is 5.75 Å². The molecule has 2 aromatic heterocycles. The molecule has 2 aromatic carbocycles. The molecule has 1 aliphatic rings. The summed E-state index contributed by atoms with van der Waals surface area (Å²) >= 11 is 1.44. The number of aromatic nitrogens is 3. The van der Waals surface area contributed by atoms with E-state index in [1.165, 1.54) is 11.8 Å². The maximum atomic E-state index is 13.6. The number of hydrogen-bond acceptors (Lipinski definition) is 6. The largest absolute Gasteiger partial charge is 0.497 e. The Kier molecular flexibility index (Phi) is 6.67. The van der Waals surface area contributed by atoms with E-state index in [9.17, 15) is 4.79 Å². The van der Waals surface area contributed by atoms with Crippen LogP contribution in [0.3, 0.4) is 0 Å². The third-order valence-electron chi connectivity index (χ3n) is 5.91. The van der Waals surface area contributed by atoms with Crippen LogP contribution in [0.1, 0.15) is 29.4 Å². The molecule has 1 fully saturated rings. The lowest BCUT2D eigenvalue weighted by molar-refractivity contribution is -0.129. The molecule has 174 valence electrons. The van der Waals surface area contributed by atoms with E-state index in [0.717, 1.165) is 48.6 Å². The number of rotatable bonds is 8. The standard InChI is InChI=1S/C26H26N4O3S/c1-32-21-12-7-11-20(17-21)24-27-28-26(30(24)18-22-13-8-16-33-22)34-23(19-9-3-2-4-10-19)25(31)29-14-5-6-15-29/h2-4,7-13,16-17,23H,5-6,14-15,18H2,1H3/t23-/m1/s1. The molecule has 0 aliphatic carbocycles. The van der Waals surface area contributed by atoms with Gasteiger partial charge in [-0.2, -0.15) is 0 Å². The summed E-state index contributed by atoms with van der Waals surface area (Å²) in [6.07, 6.45) is 3.75. The quantitative estimate of drug-likeness (QED) is 0.333. The van der Waals surface area contributed by atoms with Gasteiger partial charge in [0.2, 0.25) is 5.91 Å². The Labute approximate surface area is 202 Å². The van der Waals surface area contributed by atoms with Gasteiger partial charge in [0.15, 0.2) is 11.0 Å². The van der Waals surface area contributed by atoms with E-state index in [1.807, 2.05) is 76.2 Å². The molecule has 1 atom stereocenters. The molecular formula is C26H26N4O3S. The summed E-state index contributed by atoms with van der Waals surface area (Å²) in [6, 6.07) is 21.4. The van der Waals surface area contributed by atoms with Crippen molar-refractivity contribution in [3.8, 4) is 17.1 Å². The predicted octanol–water partition coefficient (Wildman–Crippen LogP) is 5.05. The van der Waals surface area contributed by atoms with Gasteiger partial charge in [-0.05, 0) is 42.7 Å². The minimum Gasteiger partial charge on any atom is -0.497 e. The normalized spacial score (nSPS) is 14.3. The molecule has 7 nitrogen and oxygen atoms in total. The summed E-state index contributed by atoms with van der Waals surface area (Å²) in [7, 11) is 1.64. The fraction of sp³-hybridized carbons (Fsp3) is 0.269. The number of carbonyl (C=O) groups excluding carboxylic acids is 1. The second kappa shape index (κ2) is 10.2. The van der Waals surface area contributed by atoms with Gasteiger partial charge in [-0.3, -0.25) is 9.36 Å². The number of methoxy groups -OCH3 is 1. The number of amides is 1. The number of ether oxygens (including phenoxy) is 1. The van der Waals surface area contributed by atoms with Crippen molar-refractivity contribution in [2.24, 2.45) is 0 Å². The van der Waals surface area contributed by atoms with Gasteiger partial charge in [-0.1, -0.05) is 54.2 Å². The van der Waals surface area contributed by atoms with Crippen molar-refractivity contribution >= 4 is 17.7 Å². The fourth-order valence-electron chi connectivity index (χ4n) is 4.15. The monoisotopic (exact) mass is 474 g/mol. The van der Waals surface area contributed by atoms with Crippen molar-refractivity contribution < 1.29 is 13.9 Å². The number of furan rings is 1. The number of hydrogen-bond donors (Lipinski definition) is 0. The van der Waals surface area contributed by atoms with E-state index < -0.39 is 5.25 Å². The zero-order valence-corrected chi connectivity index (χ0v) is 19.8.